The van der Waals surface area contributed by atoms with Crippen LogP contribution in [0, 0.1) is 5.92 Å². The summed E-state index contributed by atoms with van der Waals surface area (Å²) < 4.78 is 12.5. The second-order valence-electron chi connectivity index (χ2n) is 16.1. The quantitative estimate of drug-likeness (QED) is 0.0213. The fraction of sp³-hybridized carbons (Fsp3) is 0.245. The van der Waals surface area contributed by atoms with Gasteiger partial charge in [0.15, 0.2) is 14.1 Å². The van der Waals surface area contributed by atoms with Crippen LogP contribution in [0.3, 0.4) is 0 Å². The summed E-state index contributed by atoms with van der Waals surface area (Å²) in [5.41, 5.74) is 2.78. The van der Waals surface area contributed by atoms with Crippen LogP contribution < -0.4 is 10.6 Å². The monoisotopic (exact) mass is 835 g/mol. The molecule has 4 atom stereocenters. The topological polar surface area (TPSA) is 115 Å². The first-order chi connectivity index (χ1) is 28.9. The molecule has 5 aromatic rings. The normalized spacial score (nSPS) is 19.8. The summed E-state index contributed by atoms with van der Waals surface area (Å²) in [6.45, 7) is 11.9. The van der Waals surface area contributed by atoms with E-state index in [-0.39, 0.29) is 36.3 Å². The third kappa shape index (κ3) is 8.73. The van der Waals surface area contributed by atoms with E-state index in [2.05, 4.69) is 72.9 Å². The van der Waals surface area contributed by atoms with Crippen LogP contribution in [0.25, 0.3) is 0 Å². The number of esters is 1. The number of β-lactam (4-membered cyclic amide) rings is 1. The molecule has 11 heteroatoms. The Labute approximate surface area is 354 Å². The van der Waals surface area contributed by atoms with E-state index in [1.165, 1.54) is 6.08 Å². The molecule has 0 bridgehead atoms. The van der Waals surface area contributed by atoms with Crippen molar-refractivity contribution < 1.29 is 28.3 Å². The van der Waals surface area contributed by atoms with Crippen molar-refractivity contribution in [1.82, 2.24) is 9.88 Å². The van der Waals surface area contributed by atoms with E-state index in [0.29, 0.717) is 23.2 Å². The van der Waals surface area contributed by atoms with Crippen molar-refractivity contribution in [2.45, 2.75) is 57.0 Å². The van der Waals surface area contributed by atoms with Gasteiger partial charge in [0.05, 0.1) is 18.1 Å². The van der Waals surface area contributed by atoms with E-state index < -0.39 is 45.7 Å². The molecule has 0 aliphatic carbocycles. The Bertz CT molecular complexity index is 2330. The van der Waals surface area contributed by atoms with Gasteiger partial charge in [-0.15, -0.1) is 0 Å². The predicted octanol–water partition coefficient (Wildman–Crippen LogP) is 9.11. The van der Waals surface area contributed by atoms with Gasteiger partial charge in [0.25, 0.3) is 5.91 Å². The Morgan fingerprint density at radius 2 is 1.45 bits per heavy atom. The molecule has 9 nitrogen and oxygen atoms in total. The fourth-order valence-corrected chi connectivity index (χ4v) is 13.0. The molecule has 3 heterocycles. The second kappa shape index (κ2) is 18.2. The van der Waals surface area contributed by atoms with Crippen LogP contribution >= 0.6 is 7.92 Å². The lowest BCUT2D eigenvalue weighted by Crippen LogP contribution is -2.66. The molecule has 2 amide bonds. The molecule has 1 aromatic heterocycles. The molecular formula is C49H50N3O6PSi. The van der Waals surface area contributed by atoms with Gasteiger partial charge in [-0.2, -0.15) is 0 Å². The molecule has 60 heavy (non-hydrogen) atoms. The molecule has 2 aliphatic rings. The number of nitrogens with zero attached hydrogens (tertiary/aromatic N) is 2. The number of pyridine rings is 1. The van der Waals surface area contributed by atoms with Gasteiger partial charge in [0.1, 0.15) is 12.3 Å². The number of carbonyl (C=O) groups is 4. The van der Waals surface area contributed by atoms with Crippen molar-refractivity contribution in [2.75, 3.05) is 18.1 Å². The highest BCUT2D eigenvalue weighted by Gasteiger charge is 2.58. The Balaban J connectivity index is 1.37. The van der Waals surface area contributed by atoms with Crippen molar-refractivity contribution in [1.29, 1.82) is 0 Å². The lowest BCUT2D eigenvalue weighted by molar-refractivity contribution is -0.163. The molecule has 7 rings (SSSR count). The number of nitrogens with one attached hydrogen (secondary N) is 1. The summed E-state index contributed by atoms with van der Waals surface area (Å²) in [5, 5.41) is 4.77. The molecular weight excluding hydrogens is 786 g/mol. The Morgan fingerprint density at radius 1 is 0.867 bits per heavy atom. The van der Waals surface area contributed by atoms with Crippen molar-refractivity contribution in [3.8, 4) is 0 Å². The number of allylic oxidation sites excluding steroid dienone is 1. The van der Waals surface area contributed by atoms with E-state index >= 15 is 4.79 Å². The van der Waals surface area contributed by atoms with Crippen LogP contribution in [-0.2, 0) is 24.2 Å². The van der Waals surface area contributed by atoms with E-state index in [1.807, 2.05) is 61.5 Å². The van der Waals surface area contributed by atoms with Gasteiger partial charge in [-0.25, -0.2) is 4.79 Å². The van der Waals surface area contributed by atoms with E-state index in [4.69, 9.17) is 9.16 Å². The maximum absolute atomic E-state index is 15.0. The number of amides is 2. The Kier molecular flexibility index (Phi) is 12.9. The number of Topliss-reactive ketones (excluding diaryl/α,β-unsaturated/α-hetero) is 1. The summed E-state index contributed by atoms with van der Waals surface area (Å²) in [6, 6.07) is 39.8. The molecule has 1 unspecified atom stereocenters. The number of aromatic nitrogens is 1. The molecule has 0 radical (unpaired) electrons. The fourth-order valence-electron chi connectivity index (χ4n) is 8.58. The summed E-state index contributed by atoms with van der Waals surface area (Å²) in [7, 11) is -3.36. The van der Waals surface area contributed by atoms with E-state index in [9.17, 15) is 14.4 Å². The minimum Gasteiger partial charge on any atom is -0.457 e. The van der Waals surface area contributed by atoms with Gasteiger partial charge < -0.3 is 19.4 Å². The third-order valence-electron chi connectivity index (χ3n) is 11.1. The molecule has 306 valence electrons. The number of ether oxygens (including phenoxy) is 1. The lowest BCUT2D eigenvalue weighted by atomic mass is 9.71. The van der Waals surface area contributed by atoms with Gasteiger partial charge in [0.2, 0.25) is 5.91 Å². The average Bonchev–Trinajstić information content (AvgIpc) is 3.66. The van der Waals surface area contributed by atoms with Crippen LogP contribution in [0.15, 0.2) is 163 Å². The summed E-state index contributed by atoms with van der Waals surface area (Å²) >= 11 is 0. The van der Waals surface area contributed by atoms with Crippen molar-refractivity contribution in [3.05, 3.63) is 186 Å². The number of hydrogen-bond donors (Lipinski definition) is 1. The second-order valence-corrected chi connectivity index (χ2v) is 22.8. The minimum absolute atomic E-state index is 0.0587. The standard InChI is InChI=1S/C49H50N3O6PSi/c1-6-31-57-48(56)44(45-49(37-16-10-7-11-17-37,38-18-12-8-13-19-38)28-32-59(45)40-20-14-9-15-21-40)52-41(43(47(52)55)34(2)58-60(3,4)5)33-42(53)35-22-24-39(25-23-35)51-46(54)36-26-29-50-30-27-36/h6-27,29-30,34,41,43H,1,28,31-33H2,2-5H3,(H,51,54)/t34-,41-,43-,59?/m1/s1. The summed E-state index contributed by atoms with van der Waals surface area (Å²) in [6.07, 6.45) is 5.46. The van der Waals surface area contributed by atoms with Crippen molar-refractivity contribution >= 4 is 50.8 Å². The number of carbonyl (C=O) groups excluding carboxylic acids is 4. The molecule has 1 N–H and O–H groups in total. The van der Waals surface area contributed by atoms with Gasteiger partial charge in [-0.05, 0) is 99.9 Å². The third-order valence-corrected chi connectivity index (χ3v) is 14.9. The number of benzene rings is 4. The zero-order chi connectivity index (χ0) is 42.4. The lowest BCUT2D eigenvalue weighted by Gasteiger charge is -2.51. The minimum atomic E-state index is -2.16. The number of hydrogen-bond acceptors (Lipinski definition) is 7. The number of rotatable bonds is 15. The van der Waals surface area contributed by atoms with Crippen molar-refractivity contribution in [3.63, 3.8) is 0 Å². The molecule has 0 spiro atoms. The Hall–Kier alpha value is -5.80. The van der Waals surface area contributed by atoms with Crippen molar-refractivity contribution in [2.24, 2.45) is 5.92 Å². The molecule has 2 fully saturated rings. The van der Waals surface area contributed by atoms with Crippen LogP contribution in [0.4, 0.5) is 5.69 Å². The number of ketones is 1. The zero-order valence-electron chi connectivity index (χ0n) is 34.4. The zero-order valence-corrected chi connectivity index (χ0v) is 36.3. The molecule has 2 saturated heterocycles. The van der Waals surface area contributed by atoms with E-state index in [0.717, 1.165) is 27.9 Å². The first kappa shape index (κ1) is 42.3. The highest BCUT2D eigenvalue weighted by Crippen LogP contribution is 2.66. The summed E-state index contributed by atoms with van der Waals surface area (Å²) in [4.78, 5) is 62.8. The number of anilines is 1. The van der Waals surface area contributed by atoms with Gasteiger partial charge >= 0.3 is 5.97 Å². The van der Waals surface area contributed by atoms with Crippen LogP contribution in [-0.4, -0.2) is 66.7 Å². The SMILES string of the molecule is C=CCOC(=O)C(=C1P(c2ccccc2)CCC1(c1ccccc1)c1ccccc1)N1C(=O)[C@H]([C@@H](C)O[Si](C)(C)C)[C@H]1CC(=O)c1ccc(NC(=O)c2ccncc2)cc1. The highest BCUT2D eigenvalue weighted by molar-refractivity contribution is 7.70. The predicted molar refractivity (Wildman–Crippen MR) is 240 cm³/mol. The molecule has 0 saturated carbocycles. The molecule has 4 aromatic carbocycles. The van der Waals surface area contributed by atoms with Crippen LogP contribution in [0.5, 0.6) is 0 Å². The smallest absolute Gasteiger partial charge is 0.355 e. The van der Waals surface area contributed by atoms with Crippen LogP contribution in [0.2, 0.25) is 19.6 Å². The highest BCUT2D eigenvalue weighted by atomic mass is 31.1. The average molecular weight is 836 g/mol. The van der Waals surface area contributed by atoms with Gasteiger partial charge in [0, 0.05) is 46.4 Å². The van der Waals surface area contributed by atoms with E-state index in [1.54, 1.807) is 53.7 Å². The maximum Gasteiger partial charge on any atom is 0.355 e. The first-order valence-corrected chi connectivity index (χ1v) is 25.2. The Morgan fingerprint density at radius 3 is 2.02 bits per heavy atom. The largest absolute Gasteiger partial charge is 0.457 e. The number of likely N-dealkylation sites (tertiary alicyclic amines) is 1. The van der Waals surface area contributed by atoms with Gasteiger partial charge in [-0.3, -0.25) is 19.4 Å². The maximum atomic E-state index is 15.0. The van der Waals surface area contributed by atoms with Gasteiger partial charge in [-0.1, -0.05) is 104 Å². The molecule has 2 aliphatic heterocycles. The summed E-state index contributed by atoms with van der Waals surface area (Å²) in [5.74, 6) is -2.13. The van der Waals surface area contributed by atoms with Crippen LogP contribution in [0.1, 0.15) is 51.6 Å². The first-order valence-electron chi connectivity index (χ1n) is 20.2.